The van der Waals surface area contributed by atoms with Crippen LogP contribution in [0.15, 0.2) is 52.4 Å². The number of nitro benzene ring substituents is 1. The molecule has 1 unspecified atom stereocenters. The lowest BCUT2D eigenvalue weighted by molar-refractivity contribution is -0.384. The smallest absolute Gasteiger partial charge is 0.271 e. The average molecular weight is 463 g/mol. The van der Waals surface area contributed by atoms with Gasteiger partial charge in [-0.15, -0.1) is 0 Å². The Labute approximate surface area is 186 Å². The zero-order valence-corrected chi connectivity index (χ0v) is 18.3. The topological polar surface area (TPSA) is 116 Å². The van der Waals surface area contributed by atoms with E-state index in [9.17, 15) is 19.7 Å². The van der Waals surface area contributed by atoms with Gasteiger partial charge in [-0.25, -0.2) is 4.98 Å². The number of carbonyl (C=O) groups is 1. The van der Waals surface area contributed by atoms with Crippen LogP contribution in [0, 0.1) is 10.1 Å². The predicted octanol–water partition coefficient (Wildman–Crippen LogP) is 3.72. The number of amides is 1. The molecule has 0 radical (unpaired) electrons. The largest absolute Gasteiger partial charge is 0.383 e. The second kappa shape index (κ2) is 9.90. The summed E-state index contributed by atoms with van der Waals surface area (Å²) in [6.45, 7) is 2.23. The van der Waals surface area contributed by atoms with Crippen LogP contribution in [0.25, 0.3) is 10.9 Å². The fraction of sp³-hybridized carbons (Fsp3) is 0.250. The first-order valence-electron chi connectivity index (χ1n) is 9.21. The normalized spacial score (nSPS) is 12.0. The predicted molar refractivity (Wildman–Crippen MR) is 120 cm³/mol. The van der Waals surface area contributed by atoms with Crippen molar-refractivity contribution in [1.82, 2.24) is 9.55 Å². The highest BCUT2D eigenvalue weighted by molar-refractivity contribution is 8.00. The molecule has 0 fully saturated rings. The maximum Gasteiger partial charge on any atom is 0.271 e. The van der Waals surface area contributed by atoms with E-state index in [1.54, 1.807) is 31.2 Å². The number of para-hydroxylation sites is 1. The highest BCUT2D eigenvalue weighted by atomic mass is 35.5. The van der Waals surface area contributed by atoms with Crippen molar-refractivity contribution in [1.29, 1.82) is 0 Å². The number of benzene rings is 2. The van der Waals surface area contributed by atoms with E-state index in [2.05, 4.69) is 10.3 Å². The second-order valence-corrected chi connectivity index (χ2v) is 8.25. The molecule has 31 heavy (non-hydrogen) atoms. The highest BCUT2D eigenvalue weighted by Gasteiger charge is 2.21. The minimum atomic E-state index is -0.669. The van der Waals surface area contributed by atoms with Gasteiger partial charge in [0.1, 0.15) is 0 Å². The molecule has 162 valence electrons. The number of nitrogens with zero attached hydrogens (tertiary/aromatic N) is 3. The number of nitrogens with one attached hydrogen (secondary N) is 1. The summed E-state index contributed by atoms with van der Waals surface area (Å²) in [5.74, 6) is -0.437. The summed E-state index contributed by atoms with van der Waals surface area (Å²) < 4.78 is 6.57. The number of nitro groups is 1. The standard InChI is InChI=1S/C20H19ClN4O5S/c1-12(18(26)22-17-11-13(25(28)29)7-8-15(17)21)31-20-23-16-6-4-3-5-14(16)19(27)24(20)9-10-30-2/h3-8,11-12H,9-10H2,1-2H3,(H,22,26). The molecule has 11 heteroatoms. The molecule has 0 bridgehead atoms. The molecule has 0 saturated carbocycles. The molecule has 3 aromatic rings. The van der Waals surface area contributed by atoms with E-state index < -0.39 is 16.1 Å². The van der Waals surface area contributed by atoms with Gasteiger partial charge in [-0.3, -0.25) is 24.3 Å². The number of anilines is 1. The van der Waals surface area contributed by atoms with E-state index in [1.807, 2.05) is 0 Å². The number of non-ortho nitro benzene ring substituents is 1. The van der Waals surface area contributed by atoms with Gasteiger partial charge in [-0.2, -0.15) is 0 Å². The van der Waals surface area contributed by atoms with E-state index >= 15 is 0 Å². The lowest BCUT2D eigenvalue weighted by Gasteiger charge is -2.16. The van der Waals surface area contributed by atoms with Gasteiger partial charge in [0, 0.05) is 19.2 Å². The zero-order valence-electron chi connectivity index (χ0n) is 16.7. The number of fused-ring (bicyclic) bond motifs is 1. The monoisotopic (exact) mass is 462 g/mol. The van der Waals surface area contributed by atoms with E-state index in [-0.39, 0.29) is 28.5 Å². The SMILES string of the molecule is COCCn1c(SC(C)C(=O)Nc2cc([N+](=O)[O-])ccc2Cl)nc2ccccc2c1=O. The van der Waals surface area contributed by atoms with Crippen molar-refractivity contribution in [2.24, 2.45) is 0 Å². The minimum Gasteiger partial charge on any atom is -0.383 e. The molecule has 1 aromatic heterocycles. The summed E-state index contributed by atoms with van der Waals surface area (Å²) >= 11 is 7.16. The molecule has 0 saturated heterocycles. The van der Waals surface area contributed by atoms with Crippen LogP contribution in [-0.4, -0.2) is 39.3 Å². The van der Waals surface area contributed by atoms with Crippen molar-refractivity contribution in [3.63, 3.8) is 0 Å². The van der Waals surface area contributed by atoms with Gasteiger partial charge >= 0.3 is 0 Å². The first kappa shape index (κ1) is 22.7. The van der Waals surface area contributed by atoms with Crippen molar-refractivity contribution < 1.29 is 14.5 Å². The van der Waals surface area contributed by atoms with Crippen LogP contribution in [-0.2, 0) is 16.1 Å². The molecule has 1 N–H and O–H groups in total. The first-order valence-corrected chi connectivity index (χ1v) is 10.5. The third kappa shape index (κ3) is 5.22. The van der Waals surface area contributed by atoms with Gasteiger partial charge in [0.25, 0.3) is 11.2 Å². The van der Waals surface area contributed by atoms with Crippen LogP contribution < -0.4 is 10.9 Å². The number of thioether (sulfide) groups is 1. The Kier molecular flexibility index (Phi) is 7.26. The van der Waals surface area contributed by atoms with Crippen molar-refractivity contribution in [3.8, 4) is 0 Å². The summed E-state index contributed by atoms with van der Waals surface area (Å²) in [6, 6.07) is 10.8. The Balaban J connectivity index is 1.88. The number of aromatic nitrogens is 2. The van der Waals surface area contributed by atoms with E-state index in [4.69, 9.17) is 16.3 Å². The van der Waals surface area contributed by atoms with Gasteiger partial charge in [-0.05, 0) is 25.1 Å². The lowest BCUT2D eigenvalue weighted by Crippen LogP contribution is -2.28. The highest BCUT2D eigenvalue weighted by Crippen LogP contribution is 2.29. The van der Waals surface area contributed by atoms with Crippen molar-refractivity contribution in [2.75, 3.05) is 19.0 Å². The maximum absolute atomic E-state index is 12.9. The molecular weight excluding hydrogens is 444 g/mol. The molecule has 3 rings (SSSR count). The first-order chi connectivity index (χ1) is 14.8. The van der Waals surface area contributed by atoms with Crippen LogP contribution >= 0.6 is 23.4 Å². The average Bonchev–Trinajstić information content (AvgIpc) is 2.74. The summed E-state index contributed by atoms with van der Waals surface area (Å²) in [4.78, 5) is 40.6. The minimum absolute atomic E-state index is 0.136. The molecule has 9 nitrogen and oxygen atoms in total. The van der Waals surface area contributed by atoms with Gasteiger partial charge in [0.05, 0.1) is 44.9 Å². The number of carbonyl (C=O) groups excluding carboxylic acids is 1. The fourth-order valence-electron chi connectivity index (χ4n) is 2.79. The molecule has 0 aliphatic carbocycles. The number of ether oxygens (including phenoxy) is 1. The molecule has 0 aliphatic rings. The van der Waals surface area contributed by atoms with Crippen molar-refractivity contribution in [3.05, 3.63) is 68.0 Å². The summed E-state index contributed by atoms with van der Waals surface area (Å²) in [5, 5.41) is 13.9. The molecular formula is C20H19ClN4O5S. The summed E-state index contributed by atoms with van der Waals surface area (Å²) in [6.07, 6.45) is 0. The molecule has 0 spiro atoms. The van der Waals surface area contributed by atoms with Crippen molar-refractivity contribution >= 4 is 51.5 Å². The Morgan fingerprint density at radius 3 is 2.81 bits per heavy atom. The quantitative estimate of drug-likeness (QED) is 0.234. The molecule has 1 heterocycles. The molecule has 1 atom stereocenters. The third-order valence-corrected chi connectivity index (χ3v) is 5.84. The number of rotatable bonds is 8. The fourth-order valence-corrected chi connectivity index (χ4v) is 3.89. The van der Waals surface area contributed by atoms with Gasteiger partial charge in [-0.1, -0.05) is 35.5 Å². The van der Waals surface area contributed by atoms with Crippen molar-refractivity contribution in [2.45, 2.75) is 23.9 Å². The van der Waals surface area contributed by atoms with Gasteiger partial charge in [0.15, 0.2) is 5.16 Å². The van der Waals surface area contributed by atoms with E-state index in [0.717, 1.165) is 11.8 Å². The number of hydrogen-bond donors (Lipinski definition) is 1. The van der Waals surface area contributed by atoms with Crippen LogP contribution in [0.4, 0.5) is 11.4 Å². The Hall–Kier alpha value is -2.95. The van der Waals surface area contributed by atoms with Gasteiger partial charge < -0.3 is 10.1 Å². The van der Waals surface area contributed by atoms with E-state index in [0.29, 0.717) is 22.7 Å². The zero-order chi connectivity index (χ0) is 22.5. The molecule has 2 aromatic carbocycles. The Morgan fingerprint density at radius 2 is 2.10 bits per heavy atom. The molecule has 0 aliphatic heterocycles. The van der Waals surface area contributed by atoms with Gasteiger partial charge in [0.2, 0.25) is 5.91 Å². The summed E-state index contributed by atoms with van der Waals surface area (Å²) in [5.41, 5.74) is 0.249. The number of halogens is 1. The molecule has 1 amide bonds. The number of hydrogen-bond acceptors (Lipinski definition) is 7. The Morgan fingerprint density at radius 1 is 1.35 bits per heavy atom. The maximum atomic E-state index is 12.9. The van der Waals surface area contributed by atoms with Crippen LogP contribution in [0.5, 0.6) is 0 Å². The number of methoxy groups -OCH3 is 1. The second-order valence-electron chi connectivity index (χ2n) is 6.53. The summed E-state index contributed by atoms with van der Waals surface area (Å²) in [7, 11) is 1.53. The van der Waals surface area contributed by atoms with Crippen LogP contribution in [0.1, 0.15) is 6.92 Å². The van der Waals surface area contributed by atoms with Crippen LogP contribution in [0.2, 0.25) is 5.02 Å². The lowest BCUT2D eigenvalue weighted by atomic mass is 10.2. The third-order valence-electron chi connectivity index (χ3n) is 4.42. The van der Waals surface area contributed by atoms with E-state index in [1.165, 1.54) is 29.9 Å². The Bertz CT molecular complexity index is 1200. The van der Waals surface area contributed by atoms with Crippen LogP contribution in [0.3, 0.4) is 0 Å².